The molecular formula is C7H13N3O3S. The smallest absolute Gasteiger partial charge is 0.268 e. The summed E-state index contributed by atoms with van der Waals surface area (Å²) in [4.78, 5) is 4.82. The standard InChI is InChI=1S/C7H13N3O3S/c1-5-7(6(2)9-8-5)14(11,12)10(3)13-4/h1-4H3,(H,8,9). The second-order valence-corrected chi connectivity index (χ2v) is 4.73. The fraction of sp³-hybridized carbons (Fsp3) is 0.571. The zero-order valence-electron chi connectivity index (χ0n) is 8.53. The summed E-state index contributed by atoms with van der Waals surface area (Å²) in [6.07, 6.45) is 0. The molecule has 0 saturated heterocycles. The van der Waals surface area contributed by atoms with Gasteiger partial charge in [0.15, 0.2) is 0 Å². The average molecular weight is 219 g/mol. The summed E-state index contributed by atoms with van der Waals surface area (Å²) in [5.41, 5.74) is 0.942. The molecule has 1 rings (SSSR count). The highest BCUT2D eigenvalue weighted by Crippen LogP contribution is 2.20. The normalized spacial score (nSPS) is 12.4. The van der Waals surface area contributed by atoms with Gasteiger partial charge in [-0.2, -0.15) is 5.10 Å². The molecule has 0 amide bonds. The van der Waals surface area contributed by atoms with Crippen LogP contribution >= 0.6 is 0 Å². The van der Waals surface area contributed by atoms with E-state index in [-0.39, 0.29) is 4.90 Å². The van der Waals surface area contributed by atoms with Crippen molar-refractivity contribution in [2.24, 2.45) is 0 Å². The third-order valence-electron chi connectivity index (χ3n) is 1.91. The summed E-state index contributed by atoms with van der Waals surface area (Å²) in [6.45, 7) is 3.27. The molecule has 1 aromatic heterocycles. The molecule has 7 heteroatoms. The van der Waals surface area contributed by atoms with Crippen molar-refractivity contribution in [2.45, 2.75) is 18.7 Å². The molecule has 1 heterocycles. The Morgan fingerprint density at radius 1 is 1.43 bits per heavy atom. The van der Waals surface area contributed by atoms with Crippen LogP contribution in [0.15, 0.2) is 4.90 Å². The molecule has 0 aliphatic carbocycles. The lowest BCUT2D eigenvalue weighted by atomic mass is 10.4. The van der Waals surface area contributed by atoms with Gasteiger partial charge in [-0.25, -0.2) is 8.42 Å². The van der Waals surface area contributed by atoms with Crippen LogP contribution in [0.2, 0.25) is 0 Å². The third kappa shape index (κ3) is 1.66. The van der Waals surface area contributed by atoms with Gasteiger partial charge in [-0.15, -0.1) is 0 Å². The number of hydroxylamine groups is 1. The molecule has 0 radical (unpaired) electrons. The summed E-state index contributed by atoms with van der Waals surface area (Å²) in [6, 6.07) is 0. The van der Waals surface area contributed by atoms with Gasteiger partial charge in [0.2, 0.25) is 0 Å². The number of rotatable bonds is 3. The summed E-state index contributed by atoms with van der Waals surface area (Å²) in [7, 11) is -0.961. The van der Waals surface area contributed by atoms with E-state index in [2.05, 4.69) is 15.0 Å². The molecule has 1 N–H and O–H groups in total. The SMILES string of the molecule is CON(C)S(=O)(=O)c1c(C)n[nH]c1C. The Kier molecular flexibility index (Phi) is 2.93. The number of hydrogen-bond acceptors (Lipinski definition) is 4. The van der Waals surface area contributed by atoms with Gasteiger partial charge in [-0.1, -0.05) is 4.47 Å². The van der Waals surface area contributed by atoms with Crippen molar-refractivity contribution < 1.29 is 13.3 Å². The summed E-state index contributed by atoms with van der Waals surface area (Å²) >= 11 is 0. The van der Waals surface area contributed by atoms with Crippen molar-refractivity contribution in [2.75, 3.05) is 14.2 Å². The maximum Gasteiger partial charge on any atom is 0.268 e. The predicted octanol–water partition coefficient (Wildman–Crippen LogP) is 0.208. The maximum absolute atomic E-state index is 11.8. The van der Waals surface area contributed by atoms with E-state index < -0.39 is 10.0 Å². The number of aryl methyl sites for hydroxylation is 2. The van der Waals surface area contributed by atoms with Gasteiger partial charge < -0.3 is 0 Å². The molecule has 0 unspecified atom stereocenters. The summed E-state index contributed by atoms with van der Waals surface area (Å²) in [5.74, 6) is 0. The minimum absolute atomic E-state index is 0.168. The first kappa shape index (κ1) is 11.2. The van der Waals surface area contributed by atoms with E-state index >= 15 is 0 Å². The van der Waals surface area contributed by atoms with E-state index in [4.69, 9.17) is 0 Å². The quantitative estimate of drug-likeness (QED) is 0.737. The van der Waals surface area contributed by atoms with E-state index in [0.717, 1.165) is 4.47 Å². The number of nitrogens with one attached hydrogen (secondary N) is 1. The number of sulfonamides is 1. The Balaban J connectivity index is 3.30. The average Bonchev–Trinajstić information content (AvgIpc) is 2.44. The van der Waals surface area contributed by atoms with Crippen molar-refractivity contribution >= 4 is 10.0 Å². The Bertz CT molecular complexity index is 404. The van der Waals surface area contributed by atoms with Gasteiger partial charge >= 0.3 is 0 Å². The molecule has 0 aliphatic rings. The van der Waals surface area contributed by atoms with Crippen LogP contribution in [0, 0.1) is 13.8 Å². The minimum Gasteiger partial charge on any atom is -0.288 e. The number of H-pyrrole nitrogens is 1. The zero-order chi connectivity index (χ0) is 10.9. The second kappa shape index (κ2) is 3.68. The van der Waals surface area contributed by atoms with E-state index in [1.165, 1.54) is 14.2 Å². The molecule has 0 bridgehead atoms. The fourth-order valence-electron chi connectivity index (χ4n) is 1.15. The minimum atomic E-state index is -3.59. The van der Waals surface area contributed by atoms with Crippen molar-refractivity contribution in [1.29, 1.82) is 0 Å². The first-order valence-corrected chi connectivity index (χ1v) is 5.40. The zero-order valence-corrected chi connectivity index (χ0v) is 9.34. The number of aromatic amines is 1. The fourth-order valence-corrected chi connectivity index (χ4v) is 2.45. The van der Waals surface area contributed by atoms with Crippen LogP contribution in [-0.2, 0) is 14.9 Å². The van der Waals surface area contributed by atoms with Crippen molar-refractivity contribution in [1.82, 2.24) is 14.7 Å². The molecule has 80 valence electrons. The van der Waals surface area contributed by atoms with Gasteiger partial charge in [-0.05, 0) is 13.8 Å². The maximum atomic E-state index is 11.8. The van der Waals surface area contributed by atoms with Gasteiger partial charge in [0.05, 0.1) is 18.5 Å². The molecular weight excluding hydrogens is 206 g/mol. The number of hydrogen-bond donors (Lipinski definition) is 1. The molecule has 0 fully saturated rings. The molecule has 14 heavy (non-hydrogen) atoms. The number of aromatic nitrogens is 2. The highest BCUT2D eigenvalue weighted by atomic mass is 32.2. The van der Waals surface area contributed by atoms with E-state index in [9.17, 15) is 8.42 Å². The molecule has 0 saturated carbocycles. The van der Waals surface area contributed by atoms with Gasteiger partial charge in [-0.3, -0.25) is 9.94 Å². The first-order valence-electron chi connectivity index (χ1n) is 3.96. The van der Waals surface area contributed by atoms with Crippen molar-refractivity contribution in [3.8, 4) is 0 Å². The second-order valence-electron chi connectivity index (χ2n) is 2.86. The molecule has 6 nitrogen and oxygen atoms in total. The monoisotopic (exact) mass is 219 g/mol. The highest BCUT2D eigenvalue weighted by Gasteiger charge is 2.26. The Morgan fingerprint density at radius 2 is 2.00 bits per heavy atom. The van der Waals surface area contributed by atoms with Crippen molar-refractivity contribution in [3.63, 3.8) is 0 Å². The van der Waals surface area contributed by atoms with Crippen LogP contribution in [0.4, 0.5) is 0 Å². The first-order chi connectivity index (χ1) is 6.41. The van der Waals surface area contributed by atoms with Gasteiger partial charge in [0.25, 0.3) is 10.0 Å². The molecule has 0 aliphatic heterocycles. The molecule has 0 aromatic carbocycles. The predicted molar refractivity (Wildman–Crippen MR) is 50.0 cm³/mol. The molecule has 0 atom stereocenters. The van der Waals surface area contributed by atoms with E-state index in [0.29, 0.717) is 11.4 Å². The van der Waals surface area contributed by atoms with Crippen LogP contribution in [0.3, 0.4) is 0 Å². The summed E-state index contributed by atoms with van der Waals surface area (Å²) < 4.78 is 24.4. The van der Waals surface area contributed by atoms with E-state index in [1.807, 2.05) is 0 Å². The van der Waals surface area contributed by atoms with Gasteiger partial charge in [0.1, 0.15) is 4.90 Å². The molecule has 1 aromatic rings. The lowest BCUT2D eigenvalue weighted by Gasteiger charge is -2.13. The topological polar surface area (TPSA) is 75.3 Å². The Labute approximate surface area is 82.9 Å². The largest absolute Gasteiger partial charge is 0.288 e. The Hall–Kier alpha value is -0.920. The molecule has 0 spiro atoms. The van der Waals surface area contributed by atoms with Crippen LogP contribution in [0.1, 0.15) is 11.4 Å². The van der Waals surface area contributed by atoms with Crippen LogP contribution in [0.25, 0.3) is 0 Å². The summed E-state index contributed by atoms with van der Waals surface area (Å²) in [5, 5.41) is 6.42. The van der Waals surface area contributed by atoms with E-state index in [1.54, 1.807) is 13.8 Å². The Morgan fingerprint density at radius 3 is 2.36 bits per heavy atom. The van der Waals surface area contributed by atoms with Crippen LogP contribution in [0.5, 0.6) is 0 Å². The highest BCUT2D eigenvalue weighted by molar-refractivity contribution is 7.89. The van der Waals surface area contributed by atoms with Crippen LogP contribution in [-0.4, -0.2) is 37.2 Å². The van der Waals surface area contributed by atoms with Gasteiger partial charge in [0, 0.05) is 7.05 Å². The van der Waals surface area contributed by atoms with Crippen molar-refractivity contribution in [3.05, 3.63) is 11.4 Å². The lowest BCUT2D eigenvalue weighted by Crippen LogP contribution is -2.26. The lowest BCUT2D eigenvalue weighted by molar-refractivity contribution is -0.0259. The van der Waals surface area contributed by atoms with Crippen LogP contribution < -0.4 is 0 Å². The third-order valence-corrected chi connectivity index (χ3v) is 3.86. The number of nitrogens with zero attached hydrogens (tertiary/aromatic N) is 2.